The van der Waals surface area contributed by atoms with Gasteiger partial charge in [-0.25, -0.2) is 18.7 Å². The van der Waals surface area contributed by atoms with Crippen molar-refractivity contribution in [1.29, 1.82) is 0 Å². The third-order valence-corrected chi connectivity index (χ3v) is 23.4. The fourth-order valence-corrected chi connectivity index (χ4v) is 21.3. The molecule has 12 aromatic carbocycles. The number of fused-ring (bicyclic) bond motifs is 14. The molecule has 0 amide bonds. The molecule has 0 saturated carbocycles. The summed E-state index contributed by atoms with van der Waals surface area (Å²) in [6, 6.07) is 99.3. The van der Waals surface area contributed by atoms with Crippen molar-refractivity contribution >= 4 is 104 Å². The standard InChI is InChI=1S/C72H63N7P2/c1-3-5-51-73-80(76(57-31-11-7-12-32-57)65-47-43-53-27-19-23-39-61(53)69(65)70-62-40-24-20-28-54(62)44-48-66(70)77(80)58-33-13-8-14-34-58)75-81(74-52-6-4-2)78(59-35-15-9-16-36-59)67-49-45-55-29-21-25-41-63(55)71(67)72-64-42-26-22-30-56(64)46-50-68(72)79(81)60-37-17-10-18-38-60/h7-50H,3-6,51-52H2,1-2H3,(H,73,74,75)/p+1. The zero-order chi connectivity index (χ0) is 54.3. The molecule has 0 atom stereocenters. The van der Waals surface area contributed by atoms with Crippen molar-refractivity contribution in [1.82, 2.24) is 14.3 Å². The van der Waals surface area contributed by atoms with Crippen molar-refractivity contribution in [2.45, 2.75) is 39.5 Å². The van der Waals surface area contributed by atoms with E-state index in [1.54, 1.807) is 0 Å². The molecule has 12 aromatic rings. The molecule has 0 radical (unpaired) electrons. The van der Waals surface area contributed by atoms with Gasteiger partial charge in [0.25, 0.3) is 0 Å². The van der Waals surface area contributed by atoms with Gasteiger partial charge in [-0.2, -0.15) is 10.2 Å². The first-order chi connectivity index (χ1) is 40.1. The van der Waals surface area contributed by atoms with Gasteiger partial charge in [0.05, 0.1) is 45.5 Å². The smallest absolute Gasteiger partial charge is 0.231 e. The van der Waals surface area contributed by atoms with Crippen LogP contribution in [0.25, 0.3) is 65.3 Å². The summed E-state index contributed by atoms with van der Waals surface area (Å²) >= 11 is 0. The van der Waals surface area contributed by atoms with Gasteiger partial charge >= 0.3 is 15.0 Å². The van der Waals surface area contributed by atoms with Crippen LogP contribution in [0.15, 0.2) is 267 Å². The summed E-state index contributed by atoms with van der Waals surface area (Å²) in [7, 11) is -7.28. The topological polar surface area (TPSA) is 51.1 Å². The lowest BCUT2D eigenvalue weighted by molar-refractivity contribution is 0.762. The van der Waals surface area contributed by atoms with Crippen molar-refractivity contribution in [3.05, 3.63) is 267 Å². The Balaban J connectivity index is 1.34. The SMILES string of the molecule is CCCCNP1(=[N+]=P2(NCCCC)N(c3ccccc3)c3ccc4ccccc4c3-c3c(ccc4ccccc34)N2c2ccccc2)N(c2ccccc2)c2ccc3ccccc3c2-c2c(ccc3ccccc23)N1c1ccccc1. The van der Waals surface area contributed by atoms with Crippen LogP contribution in [0, 0.1) is 0 Å². The lowest BCUT2D eigenvalue weighted by Crippen LogP contribution is -2.40. The Morgan fingerprint density at radius 2 is 0.519 bits per heavy atom. The molecule has 9 heteroatoms. The zero-order valence-corrected chi connectivity index (χ0v) is 47.6. The third-order valence-electron chi connectivity index (χ3n) is 16.1. The van der Waals surface area contributed by atoms with E-state index in [-0.39, 0.29) is 0 Å². The summed E-state index contributed by atoms with van der Waals surface area (Å²) < 4.78 is 18.1. The Hall–Kier alpha value is -8.63. The molecular formula is C72H64N7P2+. The number of nitrogens with one attached hydrogen (secondary N) is 2. The summed E-state index contributed by atoms with van der Waals surface area (Å²) in [5, 5.41) is 18.7. The maximum Gasteiger partial charge on any atom is 0.490 e. The van der Waals surface area contributed by atoms with E-state index in [0.717, 1.165) is 71.2 Å². The number of benzene rings is 12. The van der Waals surface area contributed by atoms with Gasteiger partial charge in [0.1, 0.15) is 0 Å². The average Bonchev–Trinajstić information content (AvgIpc) is 3.92. The van der Waals surface area contributed by atoms with Crippen molar-refractivity contribution in [2.75, 3.05) is 31.8 Å². The lowest BCUT2D eigenvalue weighted by Gasteiger charge is -2.40. The molecule has 0 aliphatic carbocycles. The van der Waals surface area contributed by atoms with Gasteiger partial charge < -0.3 is 0 Å². The molecule has 0 fully saturated rings. The van der Waals surface area contributed by atoms with Crippen LogP contribution in [0.1, 0.15) is 39.5 Å². The highest BCUT2D eigenvalue weighted by atomic mass is 31.2. The third kappa shape index (κ3) is 8.47. The molecular weight excluding hydrogens is 1020 g/mol. The minimum Gasteiger partial charge on any atom is -0.231 e. The quantitative estimate of drug-likeness (QED) is 0.0722. The molecule has 2 aliphatic heterocycles. The van der Waals surface area contributed by atoms with Gasteiger partial charge in [-0.3, -0.25) is 0 Å². The van der Waals surface area contributed by atoms with E-state index in [2.05, 4.69) is 310 Å². The van der Waals surface area contributed by atoms with E-state index in [9.17, 15) is 0 Å². The number of hydrogen-bond donors (Lipinski definition) is 2. The summed E-state index contributed by atoms with van der Waals surface area (Å²) in [4.78, 5) is 0. The number of nitrogens with zero attached hydrogens (tertiary/aromatic N) is 5. The van der Waals surface area contributed by atoms with Gasteiger partial charge in [-0.15, -0.1) is 0 Å². The fraction of sp³-hybridized carbons (Fsp3) is 0.111. The van der Waals surface area contributed by atoms with Crippen molar-refractivity contribution in [3.8, 4) is 22.3 Å². The molecule has 0 spiro atoms. The van der Waals surface area contributed by atoms with Gasteiger partial charge in [0.2, 0.25) is 0 Å². The summed E-state index contributed by atoms with van der Waals surface area (Å²) in [5.74, 6) is 0. The molecule has 0 aromatic heterocycles. The van der Waals surface area contributed by atoms with Crippen LogP contribution in [-0.2, 0) is 0 Å². The van der Waals surface area contributed by atoms with Crippen LogP contribution in [0.5, 0.6) is 0 Å². The van der Waals surface area contributed by atoms with E-state index in [1.165, 1.54) is 65.3 Å². The summed E-state index contributed by atoms with van der Waals surface area (Å²) in [6.07, 6.45) is 3.85. The summed E-state index contributed by atoms with van der Waals surface area (Å²) in [6.45, 7) is 5.99. The normalized spacial score (nSPS) is 14.2. The maximum absolute atomic E-state index is 7.37. The minimum absolute atomic E-state index is 0.695. The first-order valence-corrected chi connectivity index (χ1v) is 31.9. The monoisotopic (exact) mass is 1090 g/mol. The molecule has 0 saturated heterocycles. The Kier molecular flexibility index (Phi) is 13.4. The van der Waals surface area contributed by atoms with Crippen LogP contribution in [-0.4, -0.2) is 13.1 Å². The number of unbranched alkanes of at least 4 members (excludes halogenated alkanes) is 2. The van der Waals surface area contributed by atoms with Crippen molar-refractivity contribution < 1.29 is 0 Å². The lowest BCUT2D eigenvalue weighted by atomic mass is 9.90. The highest BCUT2D eigenvalue weighted by Crippen LogP contribution is 2.72. The molecule has 396 valence electrons. The van der Waals surface area contributed by atoms with E-state index in [4.69, 9.17) is 4.17 Å². The maximum atomic E-state index is 7.37. The highest BCUT2D eigenvalue weighted by Gasteiger charge is 2.58. The molecule has 2 heterocycles. The van der Waals surface area contributed by atoms with Crippen molar-refractivity contribution in [3.63, 3.8) is 0 Å². The van der Waals surface area contributed by atoms with Crippen molar-refractivity contribution in [2.24, 2.45) is 0 Å². The Morgan fingerprint density at radius 1 is 0.284 bits per heavy atom. The Morgan fingerprint density at radius 3 is 0.765 bits per heavy atom. The van der Waals surface area contributed by atoms with E-state index < -0.39 is 15.0 Å². The molecule has 0 bridgehead atoms. The van der Waals surface area contributed by atoms with Crippen LogP contribution in [0.2, 0.25) is 0 Å². The number of hydrogen-bond acceptors (Lipinski definition) is 0. The van der Waals surface area contributed by atoms with Gasteiger partial charge in [0, 0.05) is 35.3 Å². The van der Waals surface area contributed by atoms with E-state index in [1.807, 2.05) is 0 Å². The summed E-state index contributed by atoms with van der Waals surface area (Å²) in [5.41, 5.74) is 13.3. The molecule has 2 N–H and O–H groups in total. The number of para-hydroxylation sites is 4. The van der Waals surface area contributed by atoms with Crippen LogP contribution in [0.4, 0.5) is 45.5 Å². The molecule has 7 nitrogen and oxygen atoms in total. The van der Waals surface area contributed by atoms with Crippen LogP contribution >= 0.6 is 15.0 Å². The Labute approximate surface area is 475 Å². The second-order valence-electron chi connectivity index (χ2n) is 21.1. The minimum atomic E-state index is -3.64. The van der Waals surface area contributed by atoms with Crippen LogP contribution in [0.3, 0.4) is 0 Å². The Bertz CT molecular complexity index is 3890. The molecule has 0 unspecified atom stereocenters. The first-order valence-electron chi connectivity index (χ1n) is 28.7. The fourth-order valence-electron chi connectivity index (χ4n) is 12.5. The molecule has 81 heavy (non-hydrogen) atoms. The molecule has 2 aliphatic rings. The van der Waals surface area contributed by atoms with E-state index in [0.29, 0.717) is 13.1 Å². The molecule has 14 rings (SSSR count). The van der Waals surface area contributed by atoms with E-state index >= 15 is 0 Å². The first kappa shape index (κ1) is 50.6. The second kappa shape index (κ2) is 21.4. The predicted octanol–water partition coefficient (Wildman–Crippen LogP) is 20.7. The highest BCUT2D eigenvalue weighted by molar-refractivity contribution is 7.75. The van der Waals surface area contributed by atoms with Gasteiger partial charge in [0.15, 0.2) is 0 Å². The van der Waals surface area contributed by atoms with Gasteiger partial charge in [-0.1, -0.05) is 221 Å². The largest absolute Gasteiger partial charge is 0.490 e. The second-order valence-corrected chi connectivity index (χ2v) is 26.3. The zero-order valence-electron chi connectivity index (χ0n) is 45.8. The average molecular weight is 1090 g/mol. The van der Waals surface area contributed by atoms with Gasteiger partial charge in [-0.05, 0) is 133 Å². The number of rotatable bonds is 12. The van der Waals surface area contributed by atoms with Crippen LogP contribution < -0.4 is 33.0 Å². The number of anilines is 8. The predicted molar refractivity (Wildman–Crippen MR) is 350 cm³/mol.